The first-order chi connectivity index (χ1) is 7.37. The smallest absolute Gasteiger partial charge is 0.227 e. The van der Waals surface area contributed by atoms with E-state index in [1.165, 1.54) is 11.3 Å². The van der Waals surface area contributed by atoms with Crippen molar-refractivity contribution in [3.8, 4) is 0 Å². The lowest BCUT2D eigenvalue weighted by molar-refractivity contribution is -0.116. The second kappa shape index (κ2) is 5.36. The van der Waals surface area contributed by atoms with Crippen LogP contribution in [0.4, 0.5) is 5.13 Å². The zero-order chi connectivity index (χ0) is 12.2. The maximum absolute atomic E-state index is 11.6. The average molecular weight is 242 g/mol. The van der Waals surface area contributed by atoms with Crippen LogP contribution in [0.15, 0.2) is 5.51 Å². The molecule has 3 N–H and O–H groups in total. The van der Waals surface area contributed by atoms with Crippen LogP contribution in [0.1, 0.15) is 33.6 Å². The number of amides is 1. The fraction of sp³-hybridized carbons (Fsp3) is 0.700. The van der Waals surface area contributed by atoms with Crippen LogP contribution in [0, 0.1) is 5.41 Å². The number of carbonyl (C=O) groups is 1. The highest BCUT2D eigenvalue weighted by Gasteiger charge is 2.18. The lowest BCUT2D eigenvalue weighted by atomic mass is 9.87. The molecule has 1 atom stereocenters. The van der Waals surface area contributed by atoms with E-state index >= 15 is 0 Å². The molecule has 0 spiro atoms. The minimum atomic E-state index is -0.118. The summed E-state index contributed by atoms with van der Waals surface area (Å²) in [7, 11) is 0. The molecule has 0 radical (unpaired) electrons. The van der Waals surface area contributed by atoms with Gasteiger partial charge in [-0.1, -0.05) is 32.1 Å². The van der Waals surface area contributed by atoms with Crippen LogP contribution < -0.4 is 11.1 Å². The van der Waals surface area contributed by atoms with Gasteiger partial charge >= 0.3 is 0 Å². The van der Waals surface area contributed by atoms with Crippen LogP contribution in [-0.2, 0) is 4.79 Å². The summed E-state index contributed by atoms with van der Waals surface area (Å²) in [6.07, 6.45) is 1.13. The zero-order valence-electron chi connectivity index (χ0n) is 9.86. The molecular weight excluding hydrogens is 224 g/mol. The van der Waals surface area contributed by atoms with Gasteiger partial charge in [-0.3, -0.25) is 4.79 Å². The molecule has 90 valence electrons. The van der Waals surface area contributed by atoms with Crippen LogP contribution in [-0.4, -0.2) is 22.1 Å². The number of nitrogens with one attached hydrogen (secondary N) is 1. The first kappa shape index (κ1) is 13.1. The van der Waals surface area contributed by atoms with Crippen LogP contribution in [0.25, 0.3) is 0 Å². The molecule has 1 aromatic rings. The van der Waals surface area contributed by atoms with Gasteiger partial charge in [0.05, 0.1) is 0 Å². The van der Waals surface area contributed by atoms with E-state index in [9.17, 15) is 4.79 Å². The minimum absolute atomic E-state index is 0.103. The summed E-state index contributed by atoms with van der Waals surface area (Å²) in [5.74, 6) is -0.103. The monoisotopic (exact) mass is 242 g/mol. The lowest BCUT2D eigenvalue weighted by Crippen LogP contribution is -2.31. The Hall–Kier alpha value is -1.01. The minimum Gasteiger partial charge on any atom is -0.327 e. The summed E-state index contributed by atoms with van der Waals surface area (Å²) < 4.78 is 0. The van der Waals surface area contributed by atoms with Crippen LogP contribution in [0.2, 0.25) is 0 Å². The molecule has 0 aromatic carbocycles. The number of hydrogen-bond acceptors (Lipinski definition) is 5. The molecule has 6 heteroatoms. The van der Waals surface area contributed by atoms with Crippen LogP contribution in [0.3, 0.4) is 0 Å². The molecule has 0 saturated carbocycles. The number of anilines is 1. The first-order valence-corrected chi connectivity index (χ1v) is 6.06. The summed E-state index contributed by atoms with van der Waals surface area (Å²) in [6, 6.07) is -0.118. The molecule has 0 saturated heterocycles. The van der Waals surface area contributed by atoms with E-state index in [1.807, 2.05) is 0 Å². The number of carbonyl (C=O) groups excluding carboxylic acids is 1. The topological polar surface area (TPSA) is 80.9 Å². The largest absolute Gasteiger partial charge is 0.327 e. The van der Waals surface area contributed by atoms with E-state index in [0.717, 1.165) is 6.42 Å². The Morgan fingerprint density at radius 3 is 2.81 bits per heavy atom. The van der Waals surface area contributed by atoms with Crippen molar-refractivity contribution in [1.82, 2.24) is 10.2 Å². The maximum atomic E-state index is 11.6. The highest BCUT2D eigenvalue weighted by molar-refractivity contribution is 7.13. The Morgan fingerprint density at radius 1 is 1.62 bits per heavy atom. The van der Waals surface area contributed by atoms with Crippen molar-refractivity contribution < 1.29 is 4.79 Å². The number of nitrogens with two attached hydrogens (primary N) is 1. The van der Waals surface area contributed by atoms with E-state index in [1.54, 1.807) is 5.51 Å². The van der Waals surface area contributed by atoms with Gasteiger partial charge in [0.25, 0.3) is 0 Å². The highest BCUT2D eigenvalue weighted by atomic mass is 32.1. The molecule has 0 aliphatic heterocycles. The molecule has 0 aliphatic rings. The number of nitrogens with zero attached hydrogens (tertiary/aromatic N) is 2. The summed E-state index contributed by atoms with van der Waals surface area (Å²) in [6.45, 7) is 6.32. The molecule has 1 heterocycles. The summed E-state index contributed by atoms with van der Waals surface area (Å²) in [5, 5.41) is 10.6. The van der Waals surface area contributed by atoms with Gasteiger partial charge in [0.15, 0.2) is 0 Å². The first-order valence-electron chi connectivity index (χ1n) is 5.18. The molecule has 1 aromatic heterocycles. The van der Waals surface area contributed by atoms with E-state index in [0.29, 0.717) is 11.6 Å². The quantitative estimate of drug-likeness (QED) is 0.841. The third kappa shape index (κ3) is 5.18. The van der Waals surface area contributed by atoms with Gasteiger partial charge in [0, 0.05) is 12.5 Å². The molecule has 0 fully saturated rings. The van der Waals surface area contributed by atoms with Crippen molar-refractivity contribution in [1.29, 1.82) is 0 Å². The molecule has 0 bridgehead atoms. The van der Waals surface area contributed by atoms with Crippen LogP contribution in [0.5, 0.6) is 0 Å². The molecule has 16 heavy (non-hydrogen) atoms. The fourth-order valence-electron chi connectivity index (χ4n) is 1.49. The molecule has 1 amide bonds. The molecule has 1 rings (SSSR count). The standard InChI is InChI=1S/C10H18N4OS/c1-10(2,3)5-7(11)4-8(15)13-9-14-12-6-16-9/h6-7H,4-5,11H2,1-3H3,(H,13,14,15). The second-order valence-electron chi connectivity index (χ2n) is 5.02. The average Bonchev–Trinajstić information content (AvgIpc) is 2.51. The second-order valence-corrected chi connectivity index (χ2v) is 5.85. The molecule has 0 aliphatic carbocycles. The summed E-state index contributed by atoms with van der Waals surface area (Å²) in [4.78, 5) is 11.6. The van der Waals surface area contributed by atoms with Gasteiger partial charge < -0.3 is 11.1 Å². The van der Waals surface area contributed by atoms with Crippen molar-refractivity contribution in [2.24, 2.45) is 11.1 Å². The Morgan fingerprint density at radius 2 is 2.31 bits per heavy atom. The summed E-state index contributed by atoms with van der Waals surface area (Å²) >= 11 is 1.30. The molecule has 1 unspecified atom stereocenters. The Labute approximate surface area is 99.5 Å². The van der Waals surface area contributed by atoms with Gasteiger partial charge in [-0.2, -0.15) is 0 Å². The van der Waals surface area contributed by atoms with Crippen molar-refractivity contribution in [2.45, 2.75) is 39.7 Å². The normalized spacial score (nSPS) is 13.5. The third-order valence-electron chi connectivity index (χ3n) is 1.93. The number of rotatable bonds is 4. The molecule has 5 nitrogen and oxygen atoms in total. The maximum Gasteiger partial charge on any atom is 0.227 e. The van der Waals surface area contributed by atoms with E-state index in [2.05, 4.69) is 36.3 Å². The van der Waals surface area contributed by atoms with Crippen molar-refractivity contribution >= 4 is 22.4 Å². The van der Waals surface area contributed by atoms with Gasteiger partial charge in [0.1, 0.15) is 5.51 Å². The third-order valence-corrected chi connectivity index (χ3v) is 2.54. The van der Waals surface area contributed by atoms with Crippen LogP contribution >= 0.6 is 11.3 Å². The van der Waals surface area contributed by atoms with Crippen molar-refractivity contribution in [2.75, 3.05) is 5.32 Å². The van der Waals surface area contributed by atoms with Gasteiger partial charge in [-0.25, -0.2) is 0 Å². The lowest BCUT2D eigenvalue weighted by Gasteiger charge is -2.22. The number of hydrogen-bond donors (Lipinski definition) is 2. The number of aromatic nitrogens is 2. The molecular formula is C10H18N4OS. The van der Waals surface area contributed by atoms with Gasteiger partial charge in [-0.05, 0) is 11.8 Å². The van der Waals surface area contributed by atoms with Crippen molar-refractivity contribution in [3.05, 3.63) is 5.51 Å². The Kier molecular flexibility index (Phi) is 4.37. The fourth-order valence-corrected chi connectivity index (χ4v) is 1.96. The SMILES string of the molecule is CC(C)(C)CC(N)CC(=O)Nc1nncs1. The Balaban J connectivity index is 2.34. The van der Waals surface area contributed by atoms with Gasteiger partial charge in [-0.15, -0.1) is 10.2 Å². The van der Waals surface area contributed by atoms with E-state index in [-0.39, 0.29) is 17.4 Å². The van der Waals surface area contributed by atoms with Gasteiger partial charge in [0.2, 0.25) is 11.0 Å². The predicted octanol–water partition coefficient (Wildman–Crippen LogP) is 1.63. The highest BCUT2D eigenvalue weighted by Crippen LogP contribution is 2.21. The zero-order valence-corrected chi connectivity index (χ0v) is 10.7. The summed E-state index contributed by atoms with van der Waals surface area (Å²) in [5.41, 5.74) is 7.61. The van der Waals surface area contributed by atoms with E-state index in [4.69, 9.17) is 5.73 Å². The predicted molar refractivity (Wildman–Crippen MR) is 65.2 cm³/mol. The van der Waals surface area contributed by atoms with Crippen molar-refractivity contribution in [3.63, 3.8) is 0 Å². The Bertz CT molecular complexity index is 331. The van der Waals surface area contributed by atoms with E-state index < -0.39 is 0 Å².